The number of para-hydroxylation sites is 1. The average molecular weight is 284 g/mol. The summed E-state index contributed by atoms with van der Waals surface area (Å²) in [6.07, 6.45) is 0. The number of benzene rings is 1. The van der Waals surface area contributed by atoms with Gasteiger partial charge in [-0.1, -0.05) is 30.3 Å². The highest BCUT2D eigenvalue weighted by Gasteiger charge is 2.19. The first kappa shape index (κ1) is 13.3. The summed E-state index contributed by atoms with van der Waals surface area (Å²) in [5, 5.41) is 14.9. The van der Waals surface area contributed by atoms with E-state index in [1.807, 2.05) is 37.3 Å². The number of aromatic amines is 2. The zero-order valence-corrected chi connectivity index (χ0v) is 11.9. The Kier molecular flexibility index (Phi) is 3.39. The SMILES string of the molecule is C[C@@H](CN(C)C(=O)c1cc2ccccc2[nH]1)c1nn[nH]n1. The number of hydrogen-bond donors (Lipinski definition) is 2. The van der Waals surface area contributed by atoms with Crippen LogP contribution >= 0.6 is 0 Å². The second-order valence-electron chi connectivity index (χ2n) is 5.13. The zero-order chi connectivity index (χ0) is 14.8. The molecule has 1 aromatic carbocycles. The lowest BCUT2D eigenvalue weighted by Crippen LogP contribution is -2.30. The van der Waals surface area contributed by atoms with E-state index in [9.17, 15) is 4.79 Å². The maximum atomic E-state index is 12.4. The Hall–Kier alpha value is -2.70. The molecule has 2 N–H and O–H groups in total. The summed E-state index contributed by atoms with van der Waals surface area (Å²) < 4.78 is 0. The molecule has 0 bridgehead atoms. The zero-order valence-electron chi connectivity index (χ0n) is 11.9. The van der Waals surface area contributed by atoms with Crippen molar-refractivity contribution in [3.63, 3.8) is 0 Å². The van der Waals surface area contributed by atoms with Gasteiger partial charge in [0.05, 0.1) is 0 Å². The van der Waals surface area contributed by atoms with Crippen molar-refractivity contribution in [1.82, 2.24) is 30.5 Å². The van der Waals surface area contributed by atoms with Gasteiger partial charge in [-0.3, -0.25) is 4.79 Å². The van der Waals surface area contributed by atoms with E-state index < -0.39 is 0 Å². The fourth-order valence-corrected chi connectivity index (χ4v) is 2.35. The van der Waals surface area contributed by atoms with E-state index in [2.05, 4.69) is 25.6 Å². The summed E-state index contributed by atoms with van der Waals surface area (Å²) >= 11 is 0. The number of carbonyl (C=O) groups excluding carboxylic acids is 1. The van der Waals surface area contributed by atoms with E-state index in [0.29, 0.717) is 18.1 Å². The van der Waals surface area contributed by atoms with Gasteiger partial charge in [-0.25, -0.2) is 0 Å². The van der Waals surface area contributed by atoms with Gasteiger partial charge in [0.1, 0.15) is 5.69 Å². The van der Waals surface area contributed by atoms with Crippen molar-refractivity contribution in [2.24, 2.45) is 0 Å². The summed E-state index contributed by atoms with van der Waals surface area (Å²) in [5.74, 6) is 0.565. The van der Waals surface area contributed by atoms with Gasteiger partial charge in [0, 0.05) is 30.4 Å². The first-order valence-corrected chi connectivity index (χ1v) is 6.71. The molecule has 0 saturated carbocycles. The molecule has 0 fully saturated rings. The third kappa shape index (κ3) is 2.62. The molecule has 2 heterocycles. The van der Waals surface area contributed by atoms with Gasteiger partial charge in [0.2, 0.25) is 0 Å². The van der Waals surface area contributed by atoms with Gasteiger partial charge in [0.25, 0.3) is 5.91 Å². The molecule has 108 valence electrons. The highest BCUT2D eigenvalue weighted by Crippen LogP contribution is 2.17. The lowest BCUT2D eigenvalue weighted by atomic mass is 10.1. The largest absolute Gasteiger partial charge is 0.351 e. The summed E-state index contributed by atoms with van der Waals surface area (Å²) in [6.45, 7) is 2.48. The van der Waals surface area contributed by atoms with Crippen LogP contribution in [0.25, 0.3) is 10.9 Å². The van der Waals surface area contributed by atoms with Crippen LogP contribution in [0.2, 0.25) is 0 Å². The lowest BCUT2D eigenvalue weighted by molar-refractivity contribution is 0.0782. The first-order valence-electron chi connectivity index (χ1n) is 6.71. The van der Waals surface area contributed by atoms with Gasteiger partial charge < -0.3 is 9.88 Å². The molecule has 21 heavy (non-hydrogen) atoms. The lowest BCUT2D eigenvalue weighted by Gasteiger charge is -2.19. The predicted molar refractivity (Wildman–Crippen MR) is 77.9 cm³/mol. The van der Waals surface area contributed by atoms with E-state index in [4.69, 9.17) is 0 Å². The number of aromatic nitrogens is 5. The number of tetrazole rings is 1. The summed E-state index contributed by atoms with van der Waals surface area (Å²) in [5.41, 5.74) is 1.54. The maximum absolute atomic E-state index is 12.4. The number of H-pyrrole nitrogens is 2. The fourth-order valence-electron chi connectivity index (χ4n) is 2.35. The van der Waals surface area contributed by atoms with Crippen molar-refractivity contribution in [3.05, 3.63) is 41.9 Å². The predicted octanol–water partition coefficient (Wildman–Crippen LogP) is 1.56. The molecule has 7 heteroatoms. The number of amides is 1. The van der Waals surface area contributed by atoms with Crippen LogP contribution in [0.5, 0.6) is 0 Å². The van der Waals surface area contributed by atoms with Gasteiger partial charge in [-0.2, -0.15) is 5.21 Å². The Morgan fingerprint density at radius 3 is 2.90 bits per heavy atom. The third-order valence-electron chi connectivity index (χ3n) is 3.46. The van der Waals surface area contributed by atoms with Crippen molar-refractivity contribution >= 4 is 16.8 Å². The normalized spacial score (nSPS) is 12.5. The van der Waals surface area contributed by atoms with E-state index in [1.54, 1.807) is 11.9 Å². The minimum Gasteiger partial charge on any atom is -0.351 e. The number of hydrogen-bond acceptors (Lipinski definition) is 4. The van der Waals surface area contributed by atoms with Crippen molar-refractivity contribution in [2.75, 3.05) is 13.6 Å². The molecule has 0 radical (unpaired) electrons. The second-order valence-corrected chi connectivity index (χ2v) is 5.13. The van der Waals surface area contributed by atoms with Crippen LogP contribution in [-0.2, 0) is 0 Å². The van der Waals surface area contributed by atoms with Crippen LogP contribution in [-0.4, -0.2) is 50.0 Å². The van der Waals surface area contributed by atoms with E-state index in [-0.39, 0.29) is 11.8 Å². The van der Waals surface area contributed by atoms with Gasteiger partial charge in [0.15, 0.2) is 5.82 Å². The van der Waals surface area contributed by atoms with Gasteiger partial charge >= 0.3 is 0 Å². The number of nitrogens with zero attached hydrogens (tertiary/aromatic N) is 4. The van der Waals surface area contributed by atoms with Crippen LogP contribution in [0.15, 0.2) is 30.3 Å². The molecule has 0 aliphatic rings. The van der Waals surface area contributed by atoms with Crippen LogP contribution < -0.4 is 0 Å². The number of carbonyl (C=O) groups is 1. The van der Waals surface area contributed by atoms with Crippen molar-refractivity contribution in [3.8, 4) is 0 Å². The Morgan fingerprint density at radius 1 is 1.38 bits per heavy atom. The Labute approximate surface area is 121 Å². The third-order valence-corrected chi connectivity index (χ3v) is 3.46. The number of nitrogens with one attached hydrogen (secondary N) is 2. The molecule has 0 aliphatic carbocycles. The standard InChI is InChI=1S/C14H16N6O/c1-9(13-16-18-19-17-13)8-20(2)14(21)12-7-10-5-3-4-6-11(10)15-12/h3-7,9,15H,8H2,1-2H3,(H,16,17,18,19)/t9-/m0/s1. The monoisotopic (exact) mass is 284 g/mol. The molecular weight excluding hydrogens is 268 g/mol. The fraction of sp³-hybridized carbons (Fsp3) is 0.286. The number of likely N-dealkylation sites (N-methyl/N-ethyl adjacent to an activating group) is 1. The highest BCUT2D eigenvalue weighted by atomic mass is 16.2. The second kappa shape index (κ2) is 5.35. The number of rotatable bonds is 4. The molecular formula is C14H16N6O. The van der Waals surface area contributed by atoms with Crippen molar-refractivity contribution in [1.29, 1.82) is 0 Å². The van der Waals surface area contributed by atoms with Gasteiger partial charge in [-0.05, 0) is 12.1 Å². The quantitative estimate of drug-likeness (QED) is 0.760. The summed E-state index contributed by atoms with van der Waals surface area (Å²) in [6, 6.07) is 9.69. The molecule has 0 aliphatic heterocycles. The Balaban J connectivity index is 1.74. The molecule has 0 saturated heterocycles. The Bertz CT molecular complexity index is 715. The van der Waals surface area contributed by atoms with Crippen LogP contribution in [0.4, 0.5) is 0 Å². The first-order chi connectivity index (χ1) is 10.1. The maximum Gasteiger partial charge on any atom is 0.270 e. The minimum absolute atomic E-state index is 0.0158. The average Bonchev–Trinajstić information content (AvgIpc) is 3.15. The summed E-state index contributed by atoms with van der Waals surface area (Å²) in [4.78, 5) is 17.3. The number of fused-ring (bicyclic) bond motifs is 1. The van der Waals surface area contributed by atoms with E-state index in [0.717, 1.165) is 10.9 Å². The minimum atomic E-state index is -0.0541. The Morgan fingerprint density at radius 2 is 2.19 bits per heavy atom. The van der Waals surface area contributed by atoms with Gasteiger partial charge in [-0.15, -0.1) is 10.2 Å². The molecule has 1 atom stereocenters. The smallest absolute Gasteiger partial charge is 0.270 e. The summed E-state index contributed by atoms with van der Waals surface area (Å²) in [7, 11) is 1.77. The van der Waals surface area contributed by atoms with Crippen LogP contribution in [0.3, 0.4) is 0 Å². The molecule has 0 unspecified atom stereocenters. The highest BCUT2D eigenvalue weighted by molar-refractivity contribution is 5.97. The van der Waals surface area contributed by atoms with E-state index in [1.165, 1.54) is 0 Å². The van der Waals surface area contributed by atoms with Crippen LogP contribution in [0.1, 0.15) is 29.2 Å². The molecule has 0 spiro atoms. The molecule has 3 aromatic rings. The topological polar surface area (TPSA) is 90.6 Å². The molecule has 7 nitrogen and oxygen atoms in total. The van der Waals surface area contributed by atoms with E-state index >= 15 is 0 Å². The van der Waals surface area contributed by atoms with Crippen molar-refractivity contribution < 1.29 is 4.79 Å². The van der Waals surface area contributed by atoms with Crippen molar-refractivity contribution in [2.45, 2.75) is 12.8 Å². The van der Waals surface area contributed by atoms with Crippen LogP contribution in [0, 0.1) is 0 Å². The molecule has 2 aromatic heterocycles. The molecule has 1 amide bonds. The molecule has 3 rings (SSSR count).